The summed E-state index contributed by atoms with van der Waals surface area (Å²) in [6.45, 7) is 0.328. The Labute approximate surface area is 104 Å². The van der Waals surface area contributed by atoms with Crippen molar-refractivity contribution in [2.24, 2.45) is 5.92 Å². The summed E-state index contributed by atoms with van der Waals surface area (Å²) >= 11 is 0. The first-order valence-electron chi connectivity index (χ1n) is 5.56. The number of carboxylic acid groups (broad SMARTS) is 1. The number of benzene rings is 1. The van der Waals surface area contributed by atoms with Crippen molar-refractivity contribution in [1.82, 2.24) is 0 Å². The van der Waals surface area contributed by atoms with Crippen LogP contribution in [-0.2, 0) is 4.79 Å². The number of anilines is 2. The fourth-order valence-corrected chi connectivity index (χ4v) is 2.07. The van der Waals surface area contributed by atoms with E-state index < -0.39 is 5.97 Å². The molecule has 1 saturated heterocycles. The topological polar surface area (TPSA) is 104 Å². The van der Waals surface area contributed by atoms with E-state index in [1.54, 1.807) is 6.07 Å². The van der Waals surface area contributed by atoms with Crippen LogP contribution in [-0.4, -0.2) is 35.2 Å². The van der Waals surface area contributed by atoms with Gasteiger partial charge in [0.25, 0.3) is 0 Å². The Morgan fingerprint density at radius 3 is 2.72 bits per heavy atom. The molecule has 0 spiro atoms. The van der Waals surface area contributed by atoms with Gasteiger partial charge in [0.05, 0.1) is 5.56 Å². The number of carbonyl (C=O) groups is 2. The highest BCUT2D eigenvalue weighted by Crippen LogP contribution is 2.27. The smallest absolute Gasteiger partial charge is 0.335 e. The minimum Gasteiger partial charge on any atom is -0.478 e. The van der Waals surface area contributed by atoms with E-state index >= 15 is 0 Å². The maximum atomic E-state index is 11.8. The van der Waals surface area contributed by atoms with Gasteiger partial charge in [-0.05, 0) is 18.2 Å². The SMILES string of the molecule is Nc1cc(C(=O)O)cc(N2CC(CO)CC2=O)c1. The number of nitrogens with zero attached hydrogens (tertiary/aromatic N) is 1. The largest absolute Gasteiger partial charge is 0.478 e. The molecule has 0 saturated carbocycles. The van der Waals surface area contributed by atoms with E-state index in [2.05, 4.69) is 0 Å². The van der Waals surface area contributed by atoms with Crippen LogP contribution in [0.25, 0.3) is 0 Å². The number of carboxylic acids is 1. The number of carbonyl (C=O) groups excluding carboxylic acids is 1. The van der Waals surface area contributed by atoms with Crippen molar-refractivity contribution in [2.75, 3.05) is 23.8 Å². The minimum atomic E-state index is -1.09. The molecule has 0 bridgehead atoms. The molecule has 1 aromatic carbocycles. The van der Waals surface area contributed by atoms with Crippen LogP contribution in [0.1, 0.15) is 16.8 Å². The molecule has 4 N–H and O–H groups in total. The number of aromatic carboxylic acids is 1. The number of aliphatic hydroxyl groups is 1. The molecule has 1 heterocycles. The summed E-state index contributed by atoms with van der Waals surface area (Å²) in [5, 5.41) is 18.0. The fourth-order valence-electron chi connectivity index (χ4n) is 2.07. The Kier molecular flexibility index (Phi) is 3.20. The average Bonchev–Trinajstić information content (AvgIpc) is 2.69. The lowest BCUT2D eigenvalue weighted by Gasteiger charge is -2.17. The lowest BCUT2D eigenvalue weighted by Crippen LogP contribution is -2.25. The van der Waals surface area contributed by atoms with Crippen molar-refractivity contribution in [3.63, 3.8) is 0 Å². The Hall–Kier alpha value is -2.08. The number of nitrogens with two attached hydrogens (primary N) is 1. The minimum absolute atomic E-state index is 0.0465. The number of amides is 1. The van der Waals surface area contributed by atoms with Gasteiger partial charge >= 0.3 is 5.97 Å². The van der Waals surface area contributed by atoms with Gasteiger partial charge in [-0.1, -0.05) is 0 Å². The molecule has 1 unspecified atom stereocenters. The van der Waals surface area contributed by atoms with Crippen LogP contribution in [0.2, 0.25) is 0 Å². The molecule has 1 aliphatic heterocycles. The summed E-state index contributed by atoms with van der Waals surface area (Å²) in [6, 6.07) is 4.32. The van der Waals surface area contributed by atoms with Gasteiger partial charge in [-0.15, -0.1) is 0 Å². The lowest BCUT2D eigenvalue weighted by molar-refractivity contribution is -0.117. The molecule has 96 valence electrons. The average molecular weight is 250 g/mol. The molecule has 1 aliphatic rings. The number of hydrogen-bond donors (Lipinski definition) is 3. The van der Waals surface area contributed by atoms with Gasteiger partial charge in [0.1, 0.15) is 0 Å². The molecule has 1 atom stereocenters. The molecule has 1 fully saturated rings. The van der Waals surface area contributed by atoms with Crippen molar-refractivity contribution in [2.45, 2.75) is 6.42 Å². The third kappa shape index (κ3) is 2.28. The summed E-state index contributed by atoms with van der Waals surface area (Å²) < 4.78 is 0. The lowest BCUT2D eigenvalue weighted by atomic mass is 10.1. The summed E-state index contributed by atoms with van der Waals surface area (Å²) in [5.41, 5.74) is 6.44. The maximum Gasteiger partial charge on any atom is 0.335 e. The Morgan fingerprint density at radius 2 is 2.17 bits per heavy atom. The van der Waals surface area contributed by atoms with Crippen molar-refractivity contribution in [3.8, 4) is 0 Å². The quantitative estimate of drug-likeness (QED) is 0.670. The molecule has 0 radical (unpaired) electrons. The molecule has 1 amide bonds. The molecular weight excluding hydrogens is 236 g/mol. The van der Waals surface area contributed by atoms with Crippen molar-refractivity contribution in [3.05, 3.63) is 23.8 Å². The summed E-state index contributed by atoms with van der Waals surface area (Å²) in [6.07, 6.45) is 0.272. The second-order valence-electron chi connectivity index (χ2n) is 4.38. The predicted molar refractivity (Wildman–Crippen MR) is 65.4 cm³/mol. The van der Waals surface area contributed by atoms with Gasteiger partial charge in [0, 0.05) is 36.9 Å². The van der Waals surface area contributed by atoms with Gasteiger partial charge in [-0.25, -0.2) is 4.79 Å². The zero-order chi connectivity index (χ0) is 13.3. The first-order valence-corrected chi connectivity index (χ1v) is 5.56. The highest BCUT2D eigenvalue weighted by molar-refractivity contribution is 5.98. The van der Waals surface area contributed by atoms with Crippen molar-refractivity contribution < 1.29 is 19.8 Å². The van der Waals surface area contributed by atoms with E-state index in [1.165, 1.54) is 17.0 Å². The van der Waals surface area contributed by atoms with Gasteiger partial charge < -0.3 is 20.8 Å². The highest BCUT2D eigenvalue weighted by atomic mass is 16.4. The van der Waals surface area contributed by atoms with E-state index in [9.17, 15) is 9.59 Å². The van der Waals surface area contributed by atoms with E-state index in [-0.39, 0.29) is 30.4 Å². The van der Waals surface area contributed by atoms with E-state index in [0.717, 1.165) is 0 Å². The molecule has 6 heteroatoms. The third-order valence-electron chi connectivity index (χ3n) is 2.96. The van der Waals surface area contributed by atoms with E-state index in [0.29, 0.717) is 17.9 Å². The van der Waals surface area contributed by atoms with Crippen LogP contribution < -0.4 is 10.6 Å². The summed E-state index contributed by atoms with van der Waals surface area (Å²) in [5.74, 6) is -1.32. The van der Waals surface area contributed by atoms with Crippen LogP contribution in [0.5, 0.6) is 0 Å². The van der Waals surface area contributed by atoms with Gasteiger partial charge in [0.2, 0.25) is 5.91 Å². The first kappa shape index (κ1) is 12.4. The molecule has 1 aromatic rings. The predicted octanol–water partition coefficient (Wildman–Crippen LogP) is 0.312. The van der Waals surface area contributed by atoms with Gasteiger partial charge in [-0.3, -0.25) is 4.79 Å². The molecule has 2 rings (SSSR count). The Balaban J connectivity index is 2.34. The van der Waals surface area contributed by atoms with Crippen LogP contribution in [0.4, 0.5) is 11.4 Å². The zero-order valence-corrected chi connectivity index (χ0v) is 9.67. The molecule has 18 heavy (non-hydrogen) atoms. The second kappa shape index (κ2) is 4.66. The summed E-state index contributed by atoms with van der Waals surface area (Å²) in [4.78, 5) is 24.1. The van der Waals surface area contributed by atoms with Crippen LogP contribution >= 0.6 is 0 Å². The maximum absolute atomic E-state index is 11.8. The normalized spacial score (nSPS) is 19.3. The third-order valence-corrected chi connectivity index (χ3v) is 2.96. The first-order chi connectivity index (χ1) is 8.51. The fraction of sp³-hybridized carbons (Fsp3) is 0.333. The summed E-state index contributed by atoms with van der Waals surface area (Å²) in [7, 11) is 0. The standard InChI is InChI=1S/C12H14N2O4/c13-9-2-8(12(17)18)3-10(4-9)14-5-7(6-15)1-11(14)16/h2-4,7,15H,1,5-6,13H2,(H,17,18). The van der Waals surface area contributed by atoms with Crippen molar-refractivity contribution in [1.29, 1.82) is 0 Å². The number of nitrogen functional groups attached to an aromatic ring is 1. The Bertz CT molecular complexity index is 501. The van der Waals surface area contributed by atoms with Crippen molar-refractivity contribution >= 4 is 23.3 Å². The van der Waals surface area contributed by atoms with Crippen LogP contribution in [0.15, 0.2) is 18.2 Å². The monoisotopic (exact) mass is 250 g/mol. The van der Waals surface area contributed by atoms with E-state index in [4.69, 9.17) is 15.9 Å². The molecule has 6 nitrogen and oxygen atoms in total. The number of hydrogen-bond acceptors (Lipinski definition) is 4. The van der Waals surface area contributed by atoms with Crippen LogP contribution in [0.3, 0.4) is 0 Å². The van der Waals surface area contributed by atoms with E-state index in [1.807, 2.05) is 0 Å². The molecule has 0 aliphatic carbocycles. The molecule has 0 aromatic heterocycles. The Morgan fingerprint density at radius 1 is 1.44 bits per heavy atom. The zero-order valence-electron chi connectivity index (χ0n) is 9.67. The number of aliphatic hydroxyl groups excluding tert-OH is 1. The molecular formula is C12H14N2O4. The second-order valence-corrected chi connectivity index (χ2v) is 4.38. The van der Waals surface area contributed by atoms with Gasteiger partial charge in [0.15, 0.2) is 0 Å². The van der Waals surface area contributed by atoms with Crippen LogP contribution in [0, 0.1) is 5.92 Å². The number of rotatable bonds is 3. The highest BCUT2D eigenvalue weighted by Gasteiger charge is 2.30. The van der Waals surface area contributed by atoms with Gasteiger partial charge in [-0.2, -0.15) is 0 Å².